The zero-order chi connectivity index (χ0) is 21.0. The molecule has 1 heterocycles. The number of fused-ring (bicyclic) bond motifs is 2. The second-order valence-electron chi connectivity index (χ2n) is 7.31. The molecule has 29 heavy (non-hydrogen) atoms. The van der Waals surface area contributed by atoms with Gasteiger partial charge < -0.3 is 14.8 Å². The van der Waals surface area contributed by atoms with E-state index in [2.05, 4.69) is 10.3 Å². The van der Waals surface area contributed by atoms with Crippen LogP contribution in [0.1, 0.15) is 48.3 Å². The number of hydrogen-bond donors (Lipinski definition) is 1. The fourth-order valence-electron chi connectivity index (χ4n) is 3.66. The van der Waals surface area contributed by atoms with E-state index < -0.39 is 30.5 Å². The molecule has 0 radical (unpaired) electrons. The van der Waals surface area contributed by atoms with Crippen molar-refractivity contribution < 1.29 is 23.9 Å². The van der Waals surface area contributed by atoms with Crippen molar-refractivity contribution in [2.24, 2.45) is 5.92 Å². The Kier molecular flexibility index (Phi) is 6.46. The fourth-order valence-corrected chi connectivity index (χ4v) is 3.66. The number of aromatic nitrogens is 1. The van der Waals surface area contributed by atoms with Gasteiger partial charge in [-0.3, -0.25) is 9.78 Å². The largest absolute Gasteiger partial charge is 0.467 e. The van der Waals surface area contributed by atoms with E-state index >= 15 is 0 Å². The Hall–Kier alpha value is -2.96. The quantitative estimate of drug-likeness (QED) is 0.721. The predicted molar refractivity (Wildman–Crippen MR) is 107 cm³/mol. The van der Waals surface area contributed by atoms with Gasteiger partial charge in [-0.15, -0.1) is 0 Å². The van der Waals surface area contributed by atoms with E-state index in [-0.39, 0.29) is 5.92 Å². The van der Waals surface area contributed by atoms with Gasteiger partial charge in [-0.25, -0.2) is 9.59 Å². The number of ether oxygens (including phenoxy) is 2. The highest BCUT2D eigenvalue weighted by Crippen LogP contribution is 2.30. The maximum absolute atomic E-state index is 12.9. The minimum absolute atomic E-state index is 0.102. The van der Waals surface area contributed by atoms with Crippen LogP contribution in [0.15, 0.2) is 24.3 Å². The first-order valence-electron chi connectivity index (χ1n) is 9.91. The molecule has 2 aromatic rings. The number of methoxy groups -OCH3 is 1. The van der Waals surface area contributed by atoms with Crippen molar-refractivity contribution in [1.29, 1.82) is 0 Å². The van der Waals surface area contributed by atoms with E-state index in [1.165, 1.54) is 7.11 Å². The Bertz CT molecular complexity index is 940. The first-order valence-corrected chi connectivity index (χ1v) is 9.91. The van der Waals surface area contributed by atoms with Crippen molar-refractivity contribution in [3.05, 3.63) is 41.1 Å². The number of aryl methyl sites for hydroxylation is 1. The molecule has 1 amide bonds. The fraction of sp³-hybridized carbons (Fsp3) is 0.455. The number of nitrogens with one attached hydrogen (secondary N) is 1. The normalized spacial score (nSPS) is 14.7. The number of nitrogens with zero attached hydrogens (tertiary/aromatic N) is 1. The van der Waals surface area contributed by atoms with Crippen molar-refractivity contribution in [2.75, 3.05) is 13.7 Å². The Morgan fingerprint density at radius 3 is 2.69 bits per heavy atom. The van der Waals surface area contributed by atoms with Gasteiger partial charge in [-0.1, -0.05) is 38.5 Å². The first kappa shape index (κ1) is 20.8. The molecule has 1 aromatic heterocycles. The molecule has 7 nitrogen and oxygen atoms in total. The van der Waals surface area contributed by atoms with E-state index in [1.807, 2.05) is 38.1 Å². The van der Waals surface area contributed by atoms with Crippen molar-refractivity contribution in [3.63, 3.8) is 0 Å². The molecule has 154 valence electrons. The summed E-state index contributed by atoms with van der Waals surface area (Å²) in [5.74, 6) is -1.70. The minimum Gasteiger partial charge on any atom is -0.467 e. The summed E-state index contributed by atoms with van der Waals surface area (Å²) < 4.78 is 10.1. The molecule has 1 aliphatic rings. The molecule has 2 atom stereocenters. The van der Waals surface area contributed by atoms with Gasteiger partial charge in [0.05, 0.1) is 18.2 Å². The van der Waals surface area contributed by atoms with E-state index in [0.717, 1.165) is 41.4 Å². The topological polar surface area (TPSA) is 94.6 Å². The summed E-state index contributed by atoms with van der Waals surface area (Å²) in [6, 6.07) is 6.66. The maximum Gasteiger partial charge on any atom is 0.339 e. The highest BCUT2D eigenvalue weighted by molar-refractivity contribution is 6.05. The molecule has 0 aliphatic heterocycles. The molecule has 2 unspecified atom stereocenters. The summed E-state index contributed by atoms with van der Waals surface area (Å²) in [6.07, 6.45) is 3.23. The molecule has 0 fully saturated rings. The molecule has 0 bridgehead atoms. The standard InChI is InChI=1S/C22H26N2O5/c1-4-13(2)20(22(27)28-3)24-18(25)12-29-21(26)19-14-8-5-6-10-16(14)23-17-11-7-9-15(17)19/h5-6,8,10,13,20H,4,7,9,11-12H2,1-3H3,(H,24,25). The number of hydrogen-bond acceptors (Lipinski definition) is 6. The van der Waals surface area contributed by atoms with Crippen molar-refractivity contribution in [3.8, 4) is 0 Å². The smallest absolute Gasteiger partial charge is 0.339 e. The van der Waals surface area contributed by atoms with Gasteiger partial charge in [0.15, 0.2) is 6.61 Å². The molecule has 0 saturated heterocycles. The van der Waals surface area contributed by atoms with Crippen LogP contribution in [0, 0.1) is 5.92 Å². The van der Waals surface area contributed by atoms with Crippen LogP contribution >= 0.6 is 0 Å². The molecule has 1 aliphatic carbocycles. The number of carbonyl (C=O) groups is 3. The van der Waals surface area contributed by atoms with Gasteiger partial charge in [-0.2, -0.15) is 0 Å². The average Bonchev–Trinajstić information content (AvgIpc) is 3.20. The molecule has 1 aromatic carbocycles. The number of carbonyl (C=O) groups excluding carboxylic acids is 3. The Balaban J connectivity index is 1.75. The van der Waals surface area contributed by atoms with E-state index in [0.29, 0.717) is 12.0 Å². The second kappa shape index (κ2) is 9.03. The number of rotatable bonds is 7. The zero-order valence-electron chi connectivity index (χ0n) is 17.0. The van der Waals surface area contributed by atoms with Gasteiger partial charge in [-0.05, 0) is 36.8 Å². The molecular formula is C22H26N2O5. The lowest BCUT2D eigenvalue weighted by Gasteiger charge is -2.21. The number of amides is 1. The molecule has 1 N–H and O–H groups in total. The lowest BCUT2D eigenvalue weighted by atomic mass is 9.99. The summed E-state index contributed by atoms with van der Waals surface area (Å²) in [6.45, 7) is 3.30. The summed E-state index contributed by atoms with van der Waals surface area (Å²) in [7, 11) is 1.28. The lowest BCUT2D eigenvalue weighted by Crippen LogP contribution is -2.47. The highest BCUT2D eigenvalue weighted by Gasteiger charge is 2.28. The van der Waals surface area contributed by atoms with Gasteiger partial charge in [0, 0.05) is 11.1 Å². The lowest BCUT2D eigenvalue weighted by molar-refractivity contribution is -0.147. The van der Waals surface area contributed by atoms with Gasteiger partial charge >= 0.3 is 11.9 Å². The minimum atomic E-state index is -0.776. The molecule has 0 spiro atoms. The van der Waals surface area contributed by atoms with Crippen LogP contribution in [0.25, 0.3) is 10.9 Å². The van der Waals surface area contributed by atoms with Crippen LogP contribution in [0.4, 0.5) is 0 Å². The molecule has 3 rings (SSSR count). The third kappa shape index (κ3) is 4.39. The highest BCUT2D eigenvalue weighted by atomic mass is 16.5. The Morgan fingerprint density at radius 2 is 1.97 bits per heavy atom. The van der Waals surface area contributed by atoms with Crippen LogP contribution in [-0.2, 0) is 31.9 Å². The van der Waals surface area contributed by atoms with Gasteiger partial charge in [0.2, 0.25) is 0 Å². The third-order valence-corrected chi connectivity index (χ3v) is 5.44. The summed E-state index contributed by atoms with van der Waals surface area (Å²) in [5.41, 5.74) is 3.05. The van der Waals surface area contributed by atoms with Crippen LogP contribution in [-0.4, -0.2) is 42.6 Å². The van der Waals surface area contributed by atoms with Crippen LogP contribution in [0.3, 0.4) is 0 Å². The van der Waals surface area contributed by atoms with E-state index in [9.17, 15) is 14.4 Å². The van der Waals surface area contributed by atoms with E-state index in [4.69, 9.17) is 9.47 Å². The van der Waals surface area contributed by atoms with Gasteiger partial charge in [0.25, 0.3) is 5.91 Å². The second-order valence-corrected chi connectivity index (χ2v) is 7.31. The number of pyridine rings is 1. The molecular weight excluding hydrogens is 372 g/mol. The average molecular weight is 398 g/mol. The number of benzene rings is 1. The van der Waals surface area contributed by atoms with E-state index in [1.54, 1.807) is 0 Å². The summed E-state index contributed by atoms with van der Waals surface area (Å²) in [5, 5.41) is 3.34. The third-order valence-electron chi connectivity index (χ3n) is 5.44. The van der Waals surface area contributed by atoms with Crippen molar-refractivity contribution >= 4 is 28.7 Å². The van der Waals surface area contributed by atoms with Crippen LogP contribution in [0.5, 0.6) is 0 Å². The monoisotopic (exact) mass is 398 g/mol. The molecule has 7 heteroatoms. The van der Waals surface area contributed by atoms with Crippen molar-refractivity contribution in [1.82, 2.24) is 10.3 Å². The Morgan fingerprint density at radius 1 is 1.21 bits per heavy atom. The summed E-state index contributed by atoms with van der Waals surface area (Å²) in [4.78, 5) is 41.8. The van der Waals surface area contributed by atoms with Crippen molar-refractivity contribution in [2.45, 2.75) is 45.6 Å². The SMILES string of the molecule is CCC(C)C(NC(=O)COC(=O)c1c2c(nc3ccccc13)CCC2)C(=O)OC. The van der Waals surface area contributed by atoms with Crippen LogP contribution in [0.2, 0.25) is 0 Å². The van der Waals surface area contributed by atoms with Gasteiger partial charge in [0.1, 0.15) is 6.04 Å². The van der Waals surface area contributed by atoms with Crippen LogP contribution < -0.4 is 5.32 Å². The predicted octanol–water partition coefficient (Wildman–Crippen LogP) is 2.58. The zero-order valence-corrected chi connectivity index (χ0v) is 17.0. The summed E-state index contributed by atoms with van der Waals surface area (Å²) >= 11 is 0. The number of esters is 2. The number of para-hydroxylation sites is 1. The maximum atomic E-state index is 12.9. The Labute approximate surface area is 169 Å². The molecule has 0 saturated carbocycles. The first-order chi connectivity index (χ1) is 14.0.